The van der Waals surface area contributed by atoms with Crippen molar-refractivity contribution >= 4 is 12.4 Å². The summed E-state index contributed by atoms with van der Waals surface area (Å²) in [5, 5.41) is 0. The maximum atomic E-state index is 8.00. The van der Waals surface area contributed by atoms with Gasteiger partial charge in [-0.15, -0.1) is 0 Å². The fourth-order valence-corrected chi connectivity index (χ4v) is 1.85. The van der Waals surface area contributed by atoms with E-state index >= 15 is 0 Å². The Labute approximate surface area is 104 Å². The Morgan fingerprint density at radius 3 is 2.06 bits per heavy atom. The zero-order chi connectivity index (χ0) is 12.9. The van der Waals surface area contributed by atoms with Gasteiger partial charge >= 0.3 is 0 Å². The van der Waals surface area contributed by atoms with Crippen LogP contribution in [0, 0.1) is 0 Å². The number of rotatable bonds is 1. The smallest absolute Gasteiger partial charge is 0.106 e. The molecule has 0 bridgehead atoms. The van der Waals surface area contributed by atoms with Gasteiger partial charge in [-0.2, -0.15) is 0 Å². The van der Waals surface area contributed by atoms with Crippen LogP contribution in [0.1, 0.15) is 38.3 Å². The minimum atomic E-state index is 0.251. The summed E-state index contributed by atoms with van der Waals surface area (Å²) in [7, 11) is 0. The van der Waals surface area contributed by atoms with Crippen molar-refractivity contribution in [1.29, 1.82) is 0 Å². The first-order chi connectivity index (χ1) is 8.07. The van der Waals surface area contributed by atoms with Crippen molar-refractivity contribution in [1.82, 2.24) is 0 Å². The second-order valence-electron chi connectivity index (χ2n) is 5.15. The summed E-state index contributed by atoms with van der Waals surface area (Å²) in [5.41, 5.74) is 4.43. The Balaban J connectivity index is 0.000000686. The van der Waals surface area contributed by atoms with Gasteiger partial charge in [-0.1, -0.05) is 63.3 Å². The lowest BCUT2D eigenvalue weighted by Gasteiger charge is -2.19. The fraction of sp³-hybridized carbons (Fsp3) is 0.312. The van der Waals surface area contributed by atoms with Crippen molar-refractivity contribution in [3.05, 3.63) is 53.6 Å². The number of hydrogen-bond donors (Lipinski definition) is 0. The van der Waals surface area contributed by atoms with E-state index in [1.807, 2.05) is 6.79 Å². The molecule has 1 aromatic rings. The van der Waals surface area contributed by atoms with Crippen LogP contribution < -0.4 is 0 Å². The van der Waals surface area contributed by atoms with Gasteiger partial charge in [0, 0.05) is 0 Å². The number of benzene rings is 1. The third kappa shape index (κ3) is 3.42. The normalized spacial score (nSPS) is 13.9. The molecule has 0 aliphatic heterocycles. The molecule has 1 heteroatoms. The largest absolute Gasteiger partial charge is 0.307 e. The Kier molecular flexibility index (Phi) is 4.45. The van der Waals surface area contributed by atoms with Crippen LogP contribution in [-0.4, -0.2) is 6.79 Å². The minimum absolute atomic E-state index is 0.251. The molecule has 0 spiro atoms. The summed E-state index contributed by atoms with van der Waals surface area (Å²) in [4.78, 5) is 8.00. The van der Waals surface area contributed by atoms with Crippen LogP contribution in [-0.2, 0) is 10.2 Å². The highest BCUT2D eigenvalue weighted by atomic mass is 16.1. The first-order valence-electron chi connectivity index (χ1n) is 5.83. The SMILES string of the molecule is C=O.CC(C)(C)c1ccc(C2=CC=CC2)cc1. The molecule has 90 valence electrons. The molecule has 17 heavy (non-hydrogen) atoms. The molecule has 1 aliphatic rings. The number of hydrogen-bond acceptors (Lipinski definition) is 1. The van der Waals surface area contributed by atoms with Crippen LogP contribution in [0.4, 0.5) is 0 Å². The topological polar surface area (TPSA) is 17.1 Å². The Hall–Kier alpha value is -1.63. The van der Waals surface area contributed by atoms with Crippen LogP contribution in [0.25, 0.3) is 5.57 Å². The van der Waals surface area contributed by atoms with Gasteiger partial charge in [0.05, 0.1) is 0 Å². The molecule has 1 nitrogen and oxygen atoms in total. The van der Waals surface area contributed by atoms with E-state index in [0.717, 1.165) is 6.42 Å². The van der Waals surface area contributed by atoms with E-state index in [9.17, 15) is 0 Å². The van der Waals surface area contributed by atoms with Crippen LogP contribution in [0.5, 0.6) is 0 Å². The van der Waals surface area contributed by atoms with Gasteiger partial charge in [0.25, 0.3) is 0 Å². The van der Waals surface area contributed by atoms with Gasteiger partial charge in [-0.25, -0.2) is 0 Å². The van der Waals surface area contributed by atoms with E-state index in [1.165, 1.54) is 16.7 Å². The molecular weight excluding hydrogens is 208 g/mol. The molecule has 0 saturated heterocycles. The molecule has 0 saturated carbocycles. The zero-order valence-electron chi connectivity index (χ0n) is 10.9. The van der Waals surface area contributed by atoms with Crippen molar-refractivity contribution in [2.75, 3.05) is 0 Å². The van der Waals surface area contributed by atoms with Crippen molar-refractivity contribution in [3.8, 4) is 0 Å². The predicted molar refractivity (Wildman–Crippen MR) is 74.0 cm³/mol. The molecule has 0 unspecified atom stereocenters. The third-order valence-electron chi connectivity index (χ3n) is 2.89. The van der Waals surface area contributed by atoms with Gasteiger partial charge in [0.15, 0.2) is 0 Å². The van der Waals surface area contributed by atoms with Gasteiger partial charge in [0.2, 0.25) is 0 Å². The van der Waals surface area contributed by atoms with Crippen molar-refractivity contribution < 1.29 is 4.79 Å². The quantitative estimate of drug-likeness (QED) is 0.706. The summed E-state index contributed by atoms with van der Waals surface area (Å²) in [6.45, 7) is 8.75. The van der Waals surface area contributed by atoms with E-state index in [2.05, 4.69) is 63.3 Å². The number of carbonyl (C=O) groups excluding carboxylic acids is 1. The van der Waals surface area contributed by atoms with Gasteiger partial charge in [-0.05, 0) is 28.5 Å². The van der Waals surface area contributed by atoms with Crippen LogP contribution >= 0.6 is 0 Å². The summed E-state index contributed by atoms with van der Waals surface area (Å²) in [6, 6.07) is 8.96. The zero-order valence-corrected chi connectivity index (χ0v) is 10.9. The molecule has 1 aliphatic carbocycles. The van der Waals surface area contributed by atoms with E-state index in [0.29, 0.717) is 0 Å². The Morgan fingerprint density at radius 1 is 1.06 bits per heavy atom. The second kappa shape index (κ2) is 5.62. The third-order valence-corrected chi connectivity index (χ3v) is 2.89. The lowest BCUT2D eigenvalue weighted by molar-refractivity contribution is -0.0979. The van der Waals surface area contributed by atoms with E-state index in [4.69, 9.17) is 4.79 Å². The van der Waals surface area contributed by atoms with Crippen molar-refractivity contribution in [2.24, 2.45) is 0 Å². The molecular formula is C16H20O. The maximum Gasteiger partial charge on any atom is 0.106 e. The number of allylic oxidation sites excluding steroid dienone is 4. The van der Waals surface area contributed by atoms with Crippen molar-refractivity contribution in [3.63, 3.8) is 0 Å². The summed E-state index contributed by atoms with van der Waals surface area (Å²) in [5.74, 6) is 0. The molecule has 2 rings (SSSR count). The molecule has 0 amide bonds. The Morgan fingerprint density at radius 2 is 1.65 bits per heavy atom. The maximum absolute atomic E-state index is 8.00. The predicted octanol–water partition coefficient (Wildman–Crippen LogP) is 4.14. The number of carbonyl (C=O) groups is 1. The molecule has 0 fully saturated rings. The van der Waals surface area contributed by atoms with Crippen LogP contribution in [0.3, 0.4) is 0 Å². The molecule has 0 aromatic heterocycles. The summed E-state index contributed by atoms with van der Waals surface area (Å²) >= 11 is 0. The first-order valence-corrected chi connectivity index (χ1v) is 5.83. The summed E-state index contributed by atoms with van der Waals surface area (Å²) < 4.78 is 0. The second-order valence-corrected chi connectivity index (χ2v) is 5.15. The van der Waals surface area contributed by atoms with Crippen LogP contribution in [0.2, 0.25) is 0 Å². The lowest BCUT2D eigenvalue weighted by atomic mass is 9.86. The fourth-order valence-electron chi connectivity index (χ4n) is 1.85. The highest BCUT2D eigenvalue weighted by Crippen LogP contribution is 2.27. The van der Waals surface area contributed by atoms with E-state index in [-0.39, 0.29) is 5.41 Å². The molecule has 0 heterocycles. The van der Waals surface area contributed by atoms with Gasteiger partial charge in [0.1, 0.15) is 6.79 Å². The van der Waals surface area contributed by atoms with E-state index < -0.39 is 0 Å². The monoisotopic (exact) mass is 228 g/mol. The average Bonchev–Trinajstić information content (AvgIpc) is 2.84. The highest BCUT2D eigenvalue weighted by Gasteiger charge is 2.13. The Bertz CT molecular complexity index is 416. The van der Waals surface area contributed by atoms with E-state index in [1.54, 1.807) is 0 Å². The van der Waals surface area contributed by atoms with Gasteiger partial charge in [-0.3, -0.25) is 0 Å². The standard InChI is InChI=1S/C15H18.CH2O/c1-15(2,3)14-10-8-13(9-11-14)12-6-4-5-7-12;1-2/h4-6,8-11H,7H2,1-3H3;1H2. The van der Waals surface area contributed by atoms with Crippen molar-refractivity contribution in [2.45, 2.75) is 32.6 Å². The van der Waals surface area contributed by atoms with Gasteiger partial charge < -0.3 is 4.79 Å². The highest BCUT2D eigenvalue weighted by molar-refractivity contribution is 5.70. The average molecular weight is 228 g/mol. The lowest BCUT2D eigenvalue weighted by Crippen LogP contribution is -2.10. The molecule has 0 atom stereocenters. The molecule has 1 aromatic carbocycles. The minimum Gasteiger partial charge on any atom is -0.307 e. The van der Waals surface area contributed by atoms with Crippen LogP contribution in [0.15, 0.2) is 42.5 Å². The summed E-state index contributed by atoms with van der Waals surface area (Å²) in [6.07, 6.45) is 7.61. The molecule has 0 N–H and O–H groups in total. The first kappa shape index (κ1) is 13.4. The molecule has 0 radical (unpaired) electrons.